The lowest BCUT2D eigenvalue weighted by molar-refractivity contribution is -0.385. The molecule has 1 aromatic carbocycles. The number of likely N-dealkylation sites (tertiary alicyclic amines) is 1. The zero-order chi connectivity index (χ0) is 18.6. The van der Waals surface area contributed by atoms with E-state index in [1.807, 2.05) is 0 Å². The van der Waals surface area contributed by atoms with E-state index >= 15 is 0 Å². The third kappa shape index (κ3) is 3.84. The number of amides is 2. The van der Waals surface area contributed by atoms with Gasteiger partial charge in [-0.1, -0.05) is 0 Å². The summed E-state index contributed by atoms with van der Waals surface area (Å²) in [4.78, 5) is 46.9. The van der Waals surface area contributed by atoms with Gasteiger partial charge < -0.3 is 14.2 Å². The molecule has 1 aliphatic heterocycles. The number of imide groups is 1. The third-order valence-corrected chi connectivity index (χ3v) is 3.62. The van der Waals surface area contributed by atoms with Crippen molar-refractivity contribution in [2.24, 2.45) is 0 Å². The highest BCUT2D eigenvalue weighted by Crippen LogP contribution is 2.34. The average Bonchev–Trinajstić information content (AvgIpc) is 3.03. The van der Waals surface area contributed by atoms with E-state index in [9.17, 15) is 24.5 Å². The third-order valence-electron chi connectivity index (χ3n) is 3.62. The number of ether oxygens (including phenoxy) is 3. The molecule has 0 aromatic heterocycles. The van der Waals surface area contributed by atoms with Gasteiger partial charge in [-0.3, -0.25) is 24.6 Å². The van der Waals surface area contributed by atoms with E-state index in [4.69, 9.17) is 14.2 Å². The summed E-state index contributed by atoms with van der Waals surface area (Å²) < 4.78 is 14.8. The van der Waals surface area contributed by atoms with Crippen molar-refractivity contribution in [3.8, 4) is 11.5 Å². The largest absolute Gasteiger partial charge is 0.493 e. The number of methoxy groups -OCH3 is 2. The smallest absolute Gasteiger partial charge is 0.345 e. The van der Waals surface area contributed by atoms with Crippen molar-refractivity contribution in [3.63, 3.8) is 0 Å². The molecule has 2 rings (SSSR count). The Labute approximate surface area is 142 Å². The van der Waals surface area contributed by atoms with Gasteiger partial charge in [0.05, 0.1) is 25.2 Å². The van der Waals surface area contributed by atoms with Crippen molar-refractivity contribution in [3.05, 3.63) is 27.8 Å². The Morgan fingerprint density at radius 3 is 2.40 bits per heavy atom. The molecule has 0 aliphatic carbocycles. The zero-order valence-electron chi connectivity index (χ0n) is 13.6. The maximum Gasteiger partial charge on any atom is 0.345 e. The number of carbonyl (C=O) groups is 3. The van der Waals surface area contributed by atoms with E-state index < -0.39 is 29.1 Å². The standard InChI is InChI=1S/C15H16N2O8/c1-23-11-6-9(10(17(21)22)7-12(11)24-2)15(20)25-8-14(19)16-5-3-4-13(16)18/h6-7H,3-5,8H2,1-2H3. The summed E-state index contributed by atoms with van der Waals surface area (Å²) in [5.41, 5.74) is -0.935. The molecule has 0 bridgehead atoms. The molecular weight excluding hydrogens is 336 g/mol. The molecule has 10 heteroatoms. The quantitative estimate of drug-likeness (QED) is 0.420. The summed E-state index contributed by atoms with van der Waals surface area (Å²) in [6.45, 7) is -0.415. The summed E-state index contributed by atoms with van der Waals surface area (Å²) in [5.74, 6) is -1.91. The normalized spacial score (nSPS) is 13.5. The molecule has 10 nitrogen and oxygen atoms in total. The molecule has 134 valence electrons. The Morgan fingerprint density at radius 1 is 1.24 bits per heavy atom. The SMILES string of the molecule is COc1cc(C(=O)OCC(=O)N2CCCC2=O)c([N+](=O)[O-])cc1OC. The van der Waals surface area contributed by atoms with Gasteiger partial charge in [0.2, 0.25) is 5.91 Å². The van der Waals surface area contributed by atoms with Gasteiger partial charge in [-0.15, -0.1) is 0 Å². The number of hydrogen-bond donors (Lipinski definition) is 0. The molecule has 0 unspecified atom stereocenters. The Kier molecular flexibility index (Phi) is 5.52. The van der Waals surface area contributed by atoms with Crippen LogP contribution in [0.2, 0.25) is 0 Å². The van der Waals surface area contributed by atoms with Crippen LogP contribution in [0.5, 0.6) is 11.5 Å². The fourth-order valence-electron chi connectivity index (χ4n) is 2.38. The second-order valence-corrected chi connectivity index (χ2v) is 5.10. The van der Waals surface area contributed by atoms with Crippen molar-refractivity contribution in [2.75, 3.05) is 27.4 Å². The lowest BCUT2D eigenvalue weighted by Crippen LogP contribution is -2.35. The van der Waals surface area contributed by atoms with Gasteiger partial charge in [-0.2, -0.15) is 0 Å². The highest BCUT2D eigenvalue weighted by molar-refractivity contribution is 5.99. The molecule has 1 heterocycles. The number of esters is 1. The number of hydrogen-bond acceptors (Lipinski definition) is 8. The first-order valence-corrected chi connectivity index (χ1v) is 7.29. The second kappa shape index (κ2) is 7.60. The van der Waals surface area contributed by atoms with E-state index in [-0.39, 0.29) is 35.9 Å². The van der Waals surface area contributed by atoms with Crippen molar-refractivity contribution >= 4 is 23.5 Å². The van der Waals surface area contributed by atoms with Crippen LogP contribution in [0.15, 0.2) is 12.1 Å². The first-order valence-electron chi connectivity index (χ1n) is 7.29. The van der Waals surface area contributed by atoms with Crippen LogP contribution in [-0.2, 0) is 14.3 Å². The van der Waals surface area contributed by atoms with Gasteiger partial charge in [0.15, 0.2) is 18.1 Å². The fourth-order valence-corrected chi connectivity index (χ4v) is 2.38. The summed E-state index contributed by atoms with van der Waals surface area (Å²) in [7, 11) is 2.60. The maximum atomic E-state index is 12.2. The Bertz CT molecular complexity index is 730. The highest BCUT2D eigenvalue weighted by Gasteiger charge is 2.29. The molecule has 0 radical (unpaired) electrons. The van der Waals surface area contributed by atoms with Gasteiger partial charge in [-0.05, 0) is 6.42 Å². The van der Waals surface area contributed by atoms with Crippen LogP contribution in [0.4, 0.5) is 5.69 Å². The number of nitro groups is 1. The van der Waals surface area contributed by atoms with Gasteiger partial charge in [0.1, 0.15) is 5.56 Å². The molecule has 1 saturated heterocycles. The van der Waals surface area contributed by atoms with Crippen LogP contribution in [-0.4, -0.2) is 55.0 Å². The van der Waals surface area contributed by atoms with Crippen molar-refractivity contribution in [1.29, 1.82) is 0 Å². The molecule has 1 aliphatic rings. The molecule has 1 fully saturated rings. The molecule has 0 saturated carbocycles. The van der Waals surface area contributed by atoms with Gasteiger partial charge in [0, 0.05) is 19.0 Å². The first kappa shape index (κ1) is 18.2. The lowest BCUT2D eigenvalue weighted by Gasteiger charge is -2.14. The predicted molar refractivity (Wildman–Crippen MR) is 82.4 cm³/mol. The molecule has 0 N–H and O–H groups in total. The van der Waals surface area contributed by atoms with Gasteiger partial charge in [0.25, 0.3) is 11.6 Å². The average molecular weight is 352 g/mol. The minimum absolute atomic E-state index is 0.0736. The monoisotopic (exact) mass is 352 g/mol. The van der Waals surface area contributed by atoms with Crippen LogP contribution in [0.25, 0.3) is 0 Å². The molecule has 1 aromatic rings. The van der Waals surface area contributed by atoms with Crippen LogP contribution in [0, 0.1) is 10.1 Å². The van der Waals surface area contributed by atoms with Crippen molar-refractivity contribution < 1.29 is 33.5 Å². The molecular formula is C15H16N2O8. The van der Waals surface area contributed by atoms with Crippen molar-refractivity contribution in [1.82, 2.24) is 4.90 Å². The summed E-state index contributed by atoms with van der Waals surface area (Å²) in [6.07, 6.45) is 0.820. The Morgan fingerprint density at radius 2 is 1.88 bits per heavy atom. The minimum atomic E-state index is -1.08. The van der Waals surface area contributed by atoms with Crippen LogP contribution < -0.4 is 9.47 Å². The maximum absolute atomic E-state index is 12.2. The van der Waals surface area contributed by atoms with Crippen LogP contribution in [0.3, 0.4) is 0 Å². The fraction of sp³-hybridized carbons (Fsp3) is 0.400. The van der Waals surface area contributed by atoms with E-state index in [2.05, 4.69) is 0 Å². The summed E-state index contributed by atoms with van der Waals surface area (Å²) in [6, 6.07) is 2.13. The number of nitro benzene ring substituents is 1. The zero-order valence-corrected chi connectivity index (χ0v) is 13.6. The Balaban J connectivity index is 2.18. The molecule has 0 spiro atoms. The van der Waals surface area contributed by atoms with E-state index in [0.29, 0.717) is 6.42 Å². The number of rotatable bonds is 6. The molecule has 2 amide bonds. The van der Waals surface area contributed by atoms with Gasteiger partial charge in [-0.25, -0.2) is 4.79 Å². The summed E-state index contributed by atoms with van der Waals surface area (Å²) >= 11 is 0. The number of benzene rings is 1. The van der Waals surface area contributed by atoms with E-state index in [0.717, 1.165) is 17.0 Å². The van der Waals surface area contributed by atoms with Crippen LogP contribution >= 0.6 is 0 Å². The van der Waals surface area contributed by atoms with Crippen LogP contribution in [0.1, 0.15) is 23.2 Å². The first-order chi connectivity index (χ1) is 11.9. The lowest BCUT2D eigenvalue weighted by atomic mass is 10.1. The molecule has 25 heavy (non-hydrogen) atoms. The summed E-state index contributed by atoms with van der Waals surface area (Å²) in [5, 5.41) is 11.2. The number of carbonyl (C=O) groups excluding carboxylic acids is 3. The van der Waals surface area contributed by atoms with Crippen molar-refractivity contribution in [2.45, 2.75) is 12.8 Å². The van der Waals surface area contributed by atoms with E-state index in [1.165, 1.54) is 14.2 Å². The van der Waals surface area contributed by atoms with Gasteiger partial charge >= 0.3 is 5.97 Å². The molecule has 0 atom stereocenters. The second-order valence-electron chi connectivity index (χ2n) is 5.10. The topological polar surface area (TPSA) is 125 Å². The number of nitrogens with zero attached hydrogens (tertiary/aromatic N) is 2. The highest BCUT2D eigenvalue weighted by atomic mass is 16.6. The van der Waals surface area contributed by atoms with E-state index in [1.54, 1.807) is 0 Å². The Hall–Kier alpha value is -3.17. The minimum Gasteiger partial charge on any atom is -0.493 e. The predicted octanol–water partition coefficient (Wildman–Crippen LogP) is 0.918.